The Morgan fingerprint density at radius 2 is 1.94 bits per heavy atom. The molecule has 0 aliphatic carbocycles. The molecular weight excluding hydrogens is 233 g/mol. The Hall–Kier alpha value is -1.82. The molecule has 0 spiro atoms. The van der Waals surface area contributed by atoms with Gasteiger partial charge in [0.2, 0.25) is 0 Å². The van der Waals surface area contributed by atoms with Crippen molar-refractivity contribution in [1.29, 1.82) is 0 Å². The van der Waals surface area contributed by atoms with E-state index in [1.807, 2.05) is 0 Å². The average Bonchev–Trinajstić information content (AvgIpc) is 2.28. The molecule has 2 aromatic rings. The van der Waals surface area contributed by atoms with Crippen LogP contribution in [0.1, 0.15) is 11.1 Å². The Balaban J connectivity index is 2.96. The number of alkyl halides is 3. The standard InChI is InChI=1S/C11H9F3N2O/c12-11(13,14)8-2-1-5-16-9(17)4-3-7(6-15)10(8)16/h1-5H,6,15H2. The van der Waals surface area contributed by atoms with Gasteiger partial charge in [0.25, 0.3) is 5.56 Å². The summed E-state index contributed by atoms with van der Waals surface area (Å²) in [7, 11) is 0. The van der Waals surface area contributed by atoms with E-state index in [1.165, 1.54) is 24.4 Å². The lowest BCUT2D eigenvalue weighted by Gasteiger charge is -2.13. The van der Waals surface area contributed by atoms with Crippen molar-refractivity contribution in [1.82, 2.24) is 4.40 Å². The van der Waals surface area contributed by atoms with Gasteiger partial charge in [-0.1, -0.05) is 6.07 Å². The summed E-state index contributed by atoms with van der Waals surface area (Å²) in [5, 5.41) is 0. The topological polar surface area (TPSA) is 47.5 Å². The van der Waals surface area contributed by atoms with E-state index in [0.29, 0.717) is 0 Å². The van der Waals surface area contributed by atoms with E-state index in [1.54, 1.807) is 0 Å². The van der Waals surface area contributed by atoms with Crippen molar-refractivity contribution in [3.8, 4) is 0 Å². The Bertz CT molecular complexity index is 616. The summed E-state index contributed by atoms with van der Waals surface area (Å²) in [6, 6.07) is 4.66. The van der Waals surface area contributed by atoms with Crippen molar-refractivity contribution in [2.24, 2.45) is 5.73 Å². The van der Waals surface area contributed by atoms with E-state index in [4.69, 9.17) is 5.73 Å². The maximum absolute atomic E-state index is 12.8. The van der Waals surface area contributed by atoms with Crippen LogP contribution in [0.2, 0.25) is 0 Å². The SMILES string of the molecule is NCc1ccc(=O)n2cccc(C(F)(F)F)c12. The van der Waals surface area contributed by atoms with E-state index < -0.39 is 17.3 Å². The summed E-state index contributed by atoms with van der Waals surface area (Å²) < 4.78 is 39.4. The zero-order chi connectivity index (χ0) is 12.6. The third-order valence-corrected chi connectivity index (χ3v) is 2.49. The summed E-state index contributed by atoms with van der Waals surface area (Å²) in [5.74, 6) is 0. The van der Waals surface area contributed by atoms with E-state index in [9.17, 15) is 18.0 Å². The van der Waals surface area contributed by atoms with Crippen molar-refractivity contribution >= 4 is 5.52 Å². The van der Waals surface area contributed by atoms with Crippen molar-refractivity contribution in [2.45, 2.75) is 12.7 Å². The minimum Gasteiger partial charge on any atom is -0.326 e. The highest BCUT2D eigenvalue weighted by molar-refractivity contribution is 5.61. The maximum Gasteiger partial charge on any atom is 0.418 e. The molecule has 2 aromatic heterocycles. The van der Waals surface area contributed by atoms with Gasteiger partial charge in [-0.3, -0.25) is 9.20 Å². The number of rotatable bonds is 1. The van der Waals surface area contributed by atoms with E-state index in [-0.39, 0.29) is 17.6 Å². The Morgan fingerprint density at radius 3 is 2.53 bits per heavy atom. The molecule has 0 fully saturated rings. The molecule has 17 heavy (non-hydrogen) atoms. The first-order chi connectivity index (χ1) is 7.95. The molecule has 0 saturated carbocycles. The number of hydrogen-bond donors (Lipinski definition) is 1. The number of aromatic nitrogens is 1. The highest BCUT2D eigenvalue weighted by Crippen LogP contribution is 2.33. The quantitative estimate of drug-likeness (QED) is 0.828. The molecule has 0 atom stereocenters. The summed E-state index contributed by atoms with van der Waals surface area (Å²) in [5.41, 5.74) is 4.15. The van der Waals surface area contributed by atoms with Gasteiger partial charge in [0, 0.05) is 18.8 Å². The molecular formula is C11H9F3N2O. The second-order valence-corrected chi connectivity index (χ2v) is 3.54. The molecule has 2 rings (SSSR count). The number of fused-ring (bicyclic) bond motifs is 1. The van der Waals surface area contributed by atoms with Crippen molar-refractivity contribution in [3.05, 3.63) is 51.9 Å². The number of nitrogens with zero attached hydrogens (tertiary/aromatic N) is 1. The first-order valence-electron chi connectivity index (χ1n) is 4.85. The van der Waals surface area contributed by atoms with Crippen molar-refractivity contribution in [3.63, 3.8) is 0 Å². The van der Waals surface area contributed by atoms with E-state index in [0.717, 1.165) is 10.5 Å². The first kappa shape index (κ1) is 11.7. The molecule has 0 aliphatic rings. The third kappa shape index (κ3) is 1.91. The first-order valence-corrected chi connectivity index (χ1v) is 4.85. The van der Waals surface area contributed by atoms with Crippen LogP contribution in [-0.2, 0) is 12.7 Å². The van der Waals surface area contributed by atoms with Crippen LogP contribution in [0.25, 0.3) is 5.52 Å². The molecule has 0 radical (unpaired) electrons. The van der Waals surface area contributed by atoms with Gasteiger partial charge < -0.3 is 5.73 Å². The lowest BCUT2D eigenvalue weighted by atomic mass is 10.1. The molecule has 0 amide bonds. The fourth-order valence-electron chi connectivity index (χ4n) is 1.74. The summed E-state index contributed by atoms with van der Waals surface area (Å²) >= 11 is 0. The maximum atomic E-state index is 12.8. The largest absolute Gasteiger partial charge is 0.418 e. The van der Waals surface area contributed by atoms with Crippen LogP contribution >= 0.6 is 0 Å². The predicted octanol–water partition coefficient (Wildman–Crippen LogP) is 1.78. The zero-order valence-corrected chi connectivity index (χ0v) is 8.66. The zero-order valence-electron chi connectivity index (χ0n) is 8.66. The van der Waals surface area contributed by atoms with Crippen LogP contribution < -0.4 is 11.3 Å². The van der Waals surface area contributed by atoms with E-state index >= 15 is 0 Å². The van der Waals surface area contributed by atoms with Gasteiger partial charge in [0.05, 0.1) is 11.1 Å². The number of pyridine rings is 2. The van der Waals surface area contributed by atoms with Crippen LogP contribution in [0.4, 0.5) is 13.2 Å². The monoisotopic (exact) mass is 242 g/mol. The smallest absolute Gasteiger partial charge is 0.326 e. The van der Waals surface area contributed by atoms with Gasteiger partial charge in [-0.15, -0.1) is 0 Å². The molecule has 0 unspecified atom stereocenters. The number of halogens is 3. The van der Waals surface area contributed by atoms with Crippen molar-refractivity contribution in [2.75, 3.05) is 0 Å². The normalized spacial score (nSPS) is 12.0. The van der Waals surface area contributed by atoms with Crippen molar-refractivity contribution < 1.29 is 13.2 Å². The second kappa shape index (κ2) is 3.89. The summed E-state index contributed by atoms with van der Waals surface area (Å²) in [4.78, 5) is 11.5. The van der Waals surface area contributed by atoms with Crippen LogP contribution in [0, 0.1) is 0 Å². The predicted molar refractivity (Wildman–Crippen MR) is 56.6 cm³/mol. The summed E-state index contributed by atoms with van der Waals surface area (Å²) in [6.07, 6.45) is -3.21. The van der Waals surface area contributed by atoms with Crippen LogP contribution in [0.3, 0.4) is 0 Å². The Morgan fingerprint density at radius 1 is 1.24 bits per heavy atom. The fraction of sp³-hybridized carbons (Fsp3) is 0.182. The van der Waals surface area contributed by atoms with Gasteiger partial charge >= 0.3 is 6.18 Å². The Labute approximate surface area is 94.3 Å². The van der Waals surface area contributed by atoms with E-state index in [2.05, 4.69) is 0 Å². The van der Waals surface area contributed by atoms with Crippen LogP contribution in [0.5, 0.6) is 0 Å². The van der Waals surface area contributed by atoms with Gasteiger partial charge in [0.1, 0.15) is 0 Å². The average molecular weight is 242 g/mol. The van der Waals surface area contributed by atoms with Gasteiger partial charge in [0.15, 0.2) is 0 Å². The van der Waals surface area contributed by atoms with Gasteiger partial charge in [-0.25, -0.2) is 0 Å². The molecule has 0 saturated heterocycles. The molecule has 0 bridgehead atoms. The molecule has 90 valence electrons. The lowest BCUT2D eigenvalue weighted by Crippen LogP contribution is -2.18. The molecule has 3 nitrogen and oxygen atoms in total. The van der Waals surface area contributed by atoms with Crippen LogP contribution in [0.15, 0.2) is 35.3 Å². The molecule has 0 aromatic carbocycles. The van der Waals surface area contributed by atoms with Gasteiger partial charge in [-0.05, 0) is 17.7 Å². The summed E-state index contributed by atoms with van der Waals surface area (Å²) in [6.45, 7) is -0.0587. The molecule has 2 heterocycles. The number of hydrogen-bond acceptors (Lipinski definition) is 2. The Kier molecular flexibility index (Phi) is 2.66. The fourth-order valence-corrected chi connectivity index (χ4v) is 1.74. The molecule has 6 heteroatoms. The third-order valence-electron chi connectivity index (χ3n) is 2.49. The highest BCUT2D eigenvalue weighted by atomic mass is 19.4. The second-order valence-electron chi connectivity index (χ2n) is 3.54. The minimum absolute atomic E-state index is 0.0587. The van der Waals surface area contributed by atoms with Crippen LogP contribution in [-0.4, -0.2) is 4.40 Å². The lowest BCUT2D eigenvalue weighted by molar-refractivity contribution is -0.136. The molecule has 0 aliphatic heterocycles. The highest BCUT2D eigenvalue weighted by Gasteiger charge is 2.33. The number of nitrogens with two attached hydrogens (primary N) is 1. The van der Waals surface area contributed by atoms with Gasteiger partial charge in [-0.2, -0.15) is 13.2 Å². The minimum atomic E-state index is -4.51. The molecule has 2 N–H and O–H groups in total.